The molecule has 0 saturated carbocycles. The number of amides is 2. The highest BCUT2D eigenvalue weighted by Gasteiger charge is 2.08. The molecule has 19 heavy (non-hydrogen) atoms. The first-order chi connectivity index (χ1) is 9.25. The molecule has 1 heterocycles. The van der Waals surface area contributed by atoms with E-state index in [4.69, 9.17) is 0 Å². The van der Waals surface area contributed by atoms with Crippen LogP contribution < -0.4 is 10.6 Å². The van der Waals surface area contributed by atoms with E-state index in [9.17, 15) is 4.79 Å². The van der Waals surface area contributed by atoms with Crippen LogP contribution in [0.2, 0.25) is 0 Å². The average Bonchev–Trinajstić information content (AvgIpc) is 2.47. The van der Waals surface area contributed by atoms with Gasteiger partial charge < -0.3 is 10.6 Å². The molecule has 2 rings (SSSR count). The van der Waals surface area contributed by atoms with E-state index in [1.54, 1.807) is 12.4 Å². The van der Waals surface area contributed by atoms with Gasteiger partial charge in [-0.1, -0.05) is 36.4 Å². The van der Waals surface area contributed by atoms with Gasteiger partial charge in [-0.2, -0.15) is 0 Å². The third kappa shape index (κ3) is 4.10. The number of pyridine rings is 1. The van der Waals surface area contributed by atoms with Crippen LogP contribution in [0, 0.1) is 0 Å². The molecular formula is C15H17N3O. The molecule has 4 heteroatoms. The van der Waals surface area contributed by atoms with E-state index in [2.05, 4.69) is 15.6 Å². The summed E-state index contributed by atoms with van der Waals surface area (Å²) in [6.45, 7) is 2.43. The number of nitrogens with zero attached hydrogens (tertiary/aromatic N) is 1. The minimum Gasteiger partial charge on any atom is -0.334 e. The van der Waals surface area contributed by atoms with Crippen LogP contribution >= 0.6 is 0 Å². The van der Waals surface area contributed by atoms with Crippen molar-refractivity contribution in [2.24, 2.45) is 0 Å². The Balaban J connectivity index is 1.82. The summed E-state index contributed by atoms with van der Waals surface area (Å²) in [7, 11) is 0. The first-order valence-electron chi connectivity index (χ1n) is 6.24. The highest BCUT2D eigenvalue weighted by molar-refractivity contribution is 5.74. The Morgan fingerprint density at radius 1 is 1.21 bits per heavy atom. The van der Waals surface area contributed by atoms with Crippen molar-refractivity contribution in [3.63, 3.8) is 0 Å². The van der Waals surface area contributed by atoms with Gasteiger partial charge in [0, 0.05) is 18.9 Å². The summed E-state index contributed by atoms with van der Waals surface area (Å²) in [5.74, 6) is 0. The fraction of sp³-hybridized carbons (Fsp3) is 0.200. The second kappa shape index (κ2) is 6.54. The molecule has 0 spiro atoms. The van der Waals surface area contributed by atoms with E-state index in [1.165, 1.54) is 0 Å². The van der Waals surface area contributed by atoms with Gasteiger partial charge in [0.25, 0.3) is 0 Å². The summed E-state index contributed by atoms with van der Waals surface area (Å²) in [6, 6.07) is 13.4. The molecule has 0 radical (unpaired) electrons. The van der Waals surface area contributed by atoms with Gasteiger partial charge in [-0.3, -0.25) is 4.98 Å². The molecule has 2 N–H and O–H groups in total. The summed E-state index contributed by atoms with van der Waals surface area (Å²) < 4.78 is 0. The van der Waals surface area contributed by atoms with E-state index >= 15 is 0 Å². The third-order valence-electron chi connectivity index (χ3n) is 2.82. The van der Waals surface area contributed by atoms with E-state index in [1.807, 2.05) is 49.4 Å². The highest BCUT2D eigenvalue weighted by Crippen LogP contribution is 2.10. The van der Waals surface area contributed by atoms with Crippen molar-refractivity contribution < 1.29 is 4.79 Å². The number of carbonyl (C=O) groups excluding carboxylic acids is 1. The number of aromatic nitrogens is 1. The van der Waals surface area contributed by atoms with Crippen molar-refractivity contribution in [2.75, 3.05) is 0 Å². The molecule has 0 aliphatic rings. The predicted octanol–water partition coefficient (Wildman–Crippen LogP) is 2.64. The van der Waals surface area contributed by atoms with Crippen LogP contribution in [0.4, 0.5) is 4.79 Å². The first kappa shape index (κ1) is 13.1. The molecule has 0 fully saturated rings. The summed E-state index contributed by atoms with van der Waals surface area (Å²) in [6.07, 6.45) is 3.45. The molecule has 98 valence electrons. The molecule has 1 atom stereocenters. The van der Waals surface area contributed by atoms with Gasteiger partial charge in [-0.05, 0) is 24.1 Å². The number of rotatable bonds is 4. The number of nitrogens with one attached hydrogen (secondary N) is 2. The van der Waals surface area contributed by atoms with Crippen molar-refractivity contribution in [1.82, 2.24) is 15.6 Å². The molecule has 0 unspecified atom stereocenters. The molecule has 1 aromatic carbocycles. The molecule has 0 aliphatic carbocycles. The van der Waals surface area contributed by atoms with Gasteiger partial charge in [0.1, 0.15) is 0 Å². The van der Waals surface area contributed by atoms with Crippen LogP contribution in [0.25, 0.3) is 0 Å². The van der Waals surface area contributed by atoms with Crippen LogP contribution in [0.5, 0.6) is 0 Å². The van der Waals surface area contributed by atoms with Crippen LogP contribution in [-0.2, 0) is 6.54 Å². The lowest BCUT2D eigenvalue weighted by atomic mass is 10.1. The van der Waals surface area contributed by atoms with Crippen LogP contribution in [0.15, 0.2) is 54.9 Å². The maximum Gasteiger partial charge on any atom is 0.315 e. The lowest BCUT2D eigenvalue weighted by Gasteiger charge is -2.14. The first-order valence-corrected chi connectivity index (χ1v) is 6.24. The fourth-order valence-corrected chi connectivity index (χ4v) is 1.76. The summed E-state index contributed by atoms with van der Waals surface area (Å²) in [5, 5.41) is 5.71. The Bertz CT molecular complexity index is 513. The van der Waals surface area contributed by atoms with Gasteiger partial charge in [0.05, 0.1) is 6.04 Å². The van der Waals surface area contributed by atoms with Crippen LogP contribution in [0.1, 0.15) is 24.1 Å². The lowest BCUT2D eigenvalue weighted by Crippen LogP contribution is -2.36. The average molecular weight is 255 g/mol. The Morgan fingerprint density at radius 3 is 2.68 bits per heavy atom. The van der Waals surface area contributed by atoms with Gasteiger partial charge in [0.15, 0.2) is 0 Å². The standard InChI is InChI=1S/C15H17N3O/c1-12(14-7-3-2-4-8-14)18-15(19)17-11-13-6-5-9-16-10-13/h2-10,12H,11H2,1H3,(H2,17,18,19)/t12-/m1/s1. The zero-order valence-electron chi connectivity index (χ0n) is 10.8. The van der Waals surface area contributed by atoms with Crippen molar-refractivity contribution in [3.8, 4) is 0 Å². The maximum atomic E-state index is 11.8. The Morgan fingerprint density at radius 2 is 2.00 bits per heavy atom. The number of urea groups is 1. The van der Waals surface area contributed by atoms with Gasteiger partial charge in [0.2, 0.25) is 0 Å². The number of benzene rings is 1. The molecule has 0 bridgehead atoms. The highest BCUT2D eigenvalue weighted by atomic mass is 16.2. The van der Waals surface area contributed by atoms with Gasteiger partial charge in [-0.15, -0.1) is 0 Å². The summed E-state index contributed by atoms with van der Waals surface area (Å²) >= 11 is 0. The zero-order valence-corrected chi connectivity index (χ0v) is 10.8. The number of hydrogen-bond acceptors (Lipinski definition) is 2. The number of hydrogen-bond donors (Lipinski definition) is 2. The van der Waals surface area contributed by atoms with Crippen molar-refractivity contribution in [1.29, 1.82) is 0 Å². The van der Waals surface area contributed by atoms with E-state index in [-0.39, 0.29) is 12.1 Å². The fourth-order valence-electron chi connectivity index (χ4n) is 1.76. The van der Waals surface area contributed by atoms with E-state index in [0.717, 1.165) is 11.1 Å². The Labute approximate surface area is 112 Å². The molecule has 0 saturated heterocycles. The van der Waals surface area contributed by atoms with Gasteiger partial charge in [-0.25, -0.2) is 4.79 Å². The predicted molar refractivity (Wildman–Crippen MR) is 74.5 cm³/mol. The van der Waals surface area contributed by atoms with Crippen molar-refractivity contribution >= 4 is 6.03 Å². The molecule has 1 aromatic heterocycles. The minimum atomic E-state index is -0.180. The SMILES string of the molecule is C[C@@H](NC(=O)NCc1cccnc1)c1ccccc1. The van der Waals surface area contributed by atoms with E-state index < -0.39 is 0 Å². The maximum absolute atomic E-state index is 11.8. The summed E-state index contributed by atoms with van der Waals surface area (Å²) in [5.41, 5.74) is 2.06. The smallest absolute Gasteiger partial charge is 0.315 e. The second-order valence-corrected chi connectivity index (χ2v) is 4.32. The second-order valence-electron chi connectivity index (χ2n) is 4.32. The molecular weight excluding hydrogens is 238 g/mol. The van der Waals surface area contributed by atoms with Crippen LogP contribution in [-0.4, -0.2) is 11.0 Å². The number of carbonyl (C=O) groups is 1. The normalized spacial score (nSPS) is 11.6. The lowest BCUT2D eigenvalue weighted by molar-refractivity contribution is 0.237. The van der Waals surface area contributed by atoms with Crippen molar-refractivity contribution in [3.05, 3.63) is 66.0 Å². The quantitative estimate of drug-likeness (QED) is 0.882. The Hall–Kier alpha value is -2.36. The molecule has 0 aliphatic heterocycles. The van der Waals surface area contributed by atoms with Gasteiger partial charge >= 0.3 is 6.03 Å². The summed E-state index contributed by atoms with van der Waals surface area (Å²) in [4.78, 5) is 15.8. The zero-order chi connectivity index (χ0) is 13.5. The Kier molecular flexibility index (Phi) is 4.50. The monoisotopic (exact) mass is 255 g/mol. The third-order valence-corrected chi connectivity index (χ3v) is 2.82. The largest absolute Gasteiger partial charge is 0.334 e. The molecule has 4 nitrogen and oxygen atoms in total. The van der Waals surface area contributed by atoms with Crippen LogP contribution in [0.3, 0.4) is 0 Å². The van der Waals surface area contributed by atoms with Crippen molar-refractivity contribution in [2.45, 2.75) is 19.5 Å². The minimum absolute atomic E-state index is 0.0184. The molecule has 2 aromatic rings. The molecule has 2 amide bonds. The van der Waals surface area contributed by atoms with E-state index in [0.29, 0.717) is 6.54 Å². The topological polar surface area (TPSA) is 54.0 Å².